The molecule has 0 aliphatic carbocycles. The van der Waals surface area contributed by atoms with Crippen LogP contribution in [0.5, 0.6) is 0 Å². The Labute approximate surface area is 229 Å². The van der Waals surface area contributed by atoms with Crippen LogP contribution in [-0.2, 0) is 25.7 Å². The van der Waals surface area contributed by atoms with Crippen LogP contribution in [0.1, 0.15) is 32.3 Å². The molecule has 182 valence electrons. The van der Waals surface area contributed by atoms with Crippen LogP contribution in [-0.4, -0.2) is 48.5 Å². The van der Waals surface area contributed by atoms with Gasteiger partial charge in [0.15, 0.2) is 5.71 Å². The predicted octanol–water partition coefficient (Wildman–Crippen LogP) is 0.478. The third kappa shape index (κ3) is 7.36. The van der Waals surface area contributed by atoms with E-state index in [9.17, 15) is 25.9 Å². The molecule has 0 saturated carbocycles. The Balaban J connectivity index is 0.00000432. The zero-order valence-corrected chi connectivity index (χ0v) is 23.6. The summed E-state index contributed by atoms with van der Waals surface area (Å²) in [7, 11) is -9.07. The molecular formula is C24H27N2NaO6S2. The number of anilines is 1. The summed E-state index contributed by atoms with van der Waals surface area (Å²) in [4.78, 5) is -0.345. The Bertz CT molecular complexity index is 1350. The van der Waals surface area contributed by atoms with Crippen molar-refractivity contribution in [1.29, 1.82) is 0 Å². The van der Waals surface area contributed by atoms with Crippen LogP contribution < -0.4 is 34.9 Å². The van der Waals surface area contributed by atoms with Gasteiger partial charge in [-0.2, -0.15) is 4.58 Å². The van der Waals surface area contributed by atoms with Crippen LogP contribution in [0, 0.1) is 0 Å². The molecule has 0 amide bonds. The Morgan fingerprint density at radius 1 is 1.03 bits per heavy atom. The molecule has 0 saturated heterocycles. The number of nitrogens with zero attached hydrogens (tertiary/aromatic N) is 1. The summed E-state index contributed by atoms with van der Waals surface area (Å²) in [6.45, 7) is 4.37. The molecule has 2 aromatic carbocycles. The fourth-order valence-electron chi connectivity index (χ4n) is 4.27. The van der Waals surface area contributed by atoms with Crippen LogP contribution >= 0.6 is 0 Å². The zero-order chi connectivity index (χ0) is 25.0. The molecule has 1 unspecified atom stereocenters. The van der Waals surface area contributed by atoms with Gasteiger partial charge in [0.05, 0.1) is 20.4 Å². The fourth-order valence-corrected chi connectivity index (χ4v) is 5.27. The van der Waals surface area contributed by atoms with E-state index in [2.05, 4.69) is 5.32 Å². The second-order valence-electron chi connectivity index (χ2n) is 8.19. The Kier molecular flexibility index (Phi) is 10.1. The fraction of sp³-hybridized carbons (Fsp3) is 0.292. The van der Waals surface area contributed by atoms with Crippen LogP contribution in [0.15, 0.2) is 77.9 Å². The summed E-state index contributed by atoms with van der Waals surface area (Å²) in [5.74, 6) is -0.526. The molecule has 35 heavy (non-hydrogen) atoms. The molecule has 0 spiro atoms. The van der Waals surface area contributed by atoms with Gasteiger partial charge in [-0.15, -0.1) is 0 Å². The maximum atomic E-state index is 11.7. The van der Waals surface area contributed by atoms with Crippen molar-refractivity contribution in [2.24, 2.45) is 0 Å². The maximum absolute atomic E-state index is 11.7. The minimum atomic E-state index is -4.67. The number of allylic oxidation sites excluding steroid dienone is 3. The zero-order valence-electron chi connectivity index (χ0n) is 20.0. The average Bonchev–Trinajstić information content (AvgIpc) is 3.00. The molecule has 3 rings (SSSR count). The van der Waals surface area contributed by atoms with Gasteiger partial charge in [-0.1, -0.05) is 24.3 Å². The first-order chi connectivity index (χ1) is 16.0. The van der Waals surface area contributed by atoms with Crippen molar-refractivity contribution < 1.29 is 60.1 Å². The predicted molar refractivity (Wildman–Crippen MR) is 129 cm³/mol. The van der Waals surface area contributed by atoms with E-state index in [1.165, 1.54) is 12.1 Å². The third-order valence-electron chi connectivity index (χ3n) is 5.87. The molecule has 11 heteroatoms. The van der Waals surface area contributed by atoms with Gasteiger partial charge in [0, 0.05) is 35.3 Å². The molecule has 1 N–H and O–H groups in total. The smallest absolute Gasteiger partial charge is 0.748 e. The monoisotopic (exact) mass is 526 g/mol. The van der Waals surface area contributed by atoms with Crippen molar-refractivity contribution in [1.82, 2.24) is 0 Å². The van der Waals surface area contributed by atoms with Crippen molar-refractivity contribution in [3.63, 3.8) is 0 Å². The first kappa shape index (κ1) is 29.4. The van der Waals surface area contributed by atoms with Gasteiger partial charge < -0.3 is 14.4 Å². The Morgan fingerprint density at radius 3 is 2.31 bits per heavy atom. The molecular weight excluding hydrogens is 499 g/mol. The molecule has 1 atom stereocenters. The van der Waals surface area contributed by atoms with Gasteiger partial charge in [-0.25, -0.2) is 16.8 Å². The first-order valence-electron chi connectivity index (χ1n) is 10.8. The SMILES string of the molecule is CC[N+]1=C(/C=C/C=C/Nc2ccccc2)C(C)(CCCS(=O)(=O)[O-])c2cc(S(=O)(=O)[O-])ccc21.[Na+]. The summed E-state index contributed by atoms with van der Waals surface area (Å²) in [6, 6.07) is 13.9. The summed E-state index contributed by atoms with van der Waals surface area (Å²) in [6.07, 6.45) is 7.67. The van der Waals surface area contributed by atoms with E-state index in [4.69, 9.17) is 0 Å². The summed E-state index contributed by atoms with van der Waals surface area (Å²) >= 11 is 0. The third-order valence-corrected chi connectivity index (χ3v) is 7.49. The molecule has 1 heterocycles. The summed E-state index contributed by atoms with van der Waals surface area (Å²) < 4.78 is 70.5. The summed E-state index contributed by atoms with van der Waals surface area (Å²) in [5, 5.41) is 3.15. The van der Waals surface area contributed by atoms with Gasteiger partial charge >= 0.3 is 29.6 Å². The second kappa shape index (κ2) is 12.0. The number of rotatable bonds is 10. The Hall–Kier alpha value is -1.79. The summed E-state index contributed by atoms with van der Waals surface area (Å²) in [5.41, 5.74) is 2.30. The number of fused-ring (bicyclic) bond motifs is 1. The number of nitrogens with one attached hydrogen (secondary N) is 1. The van der Waals surface area contributed by atoms with Gasteiger partial charge in [0.2, 0.25) is 5.69 Å². The van der Waals surface area contributed by atoms with Gasteiger partial charge in [0.1, 0.15) is 16.7 Å². The van der Waals surface area contributed by atoms with Gasteiger partial charge in [0.25, 0.3) is 0 Å². The topological polar surface area (TPSA) is 129 Å². The largest absolute Gasteiger partial charge is 1.00 e. The second-order valence-corrected chi connectivity index (χ2v) is 11.1. The number of hydrogen-bond acceptors (Lipinski definition) is 7. The van der Waals surface area contributed by atoms with E-state index in [0.29, 0.717) is 12.1 Å². The molecule has 0 radical (unpaired) electrons. The average molecular weight is 527 g/mol. The number of para-hydroxylation sites is 1. The normalized spacial score (nSPS) is 18.2. The molecule has 0 fully saturated rings. The van der Waals surface area contributed by atoms with Crippen molar-refractivity contribution in [3.05, 3.63) is 78.5 Å². The molecule has 0 bridgehead atoms. The standard InChI is InChI=1S/C24H28N2O6S2.Na/c1-3-26-22-14-13-20(34(30,31)32)18-21(22)24(2,15-9-17-33(27,28)29)23(26)12-7-8-16-25-19-10-5-4-6-11-19;/h4-8,10-14,16,18H,3,9,15,17H2,1-2H3,(H2,27,28,29,30,31,32);/q;+1/p-1. The molecule has 1 aliphatic heterocycles. The Morgan fingerprint density at radius 2 is 1.71 bits per heavy atom. The molecule has 8 nitrogen and oxygen atoms in total. The maximum Gasteiger partial charge on any atom is 1.00 e. The van der Waals surface area contributed by atoms with Crippen LogP contribution in [0.25, 0.3) is 0 Å². The van der Waals surface area contributed by atoms with Crippen LogP contribution in [0.4, 0.5) is 11.4 Å². The number of hydrogen-bond donors (Lipinski definition) is 1. The molecule has 2 aromatic rings. The van der Waals surface area contributed by atoms with Gasteiger partial charge in [-0.05, 0) is 57.0 Å². The van der Waals surface area contributed by atoms with Crippen molar-refractivity contribution in [2.45, 2.75) is 37.0 Å². The van der Waals surface area contributed by atoms with E-state index >= 15 is 0 Å². The van der Waals surface area contributed by atoms with E-state index in [-0.39, 0.29) is 47.3 Å². The van der Waals surface area contributed by atoms with E-state index < -0.39 is 31.4 Å². The molecule has 0 aromatic heterocycles. The van der Waals surface area contributed by atoms with E-state index in [0.717, 1.165) is 17.1 Å². The van der Waals surface area contributed by atoms with Crippen molar-refractivity contribution in [3.8, 4) is 0 Å². The minimum absolute atomic E-state index is 0. The number of benzene rings is 2. The molecule has 1 aliphatic rings. The van der Waals surface area contributed by atoms with Crippen LogP contribution in [0.3, 0.4) is 0 Å². The van der Waals surface area contributed by atoms with Crippen molar-refractivity contribution in [2.75, 3.05) is 17.6 Å². The first-order valence-corrected chi connectivity index (χ1v) is 13.8. The quantitative estimate of drug-likeness (QED) is 0.206. The van der Waals surface area contributed by atoms with Crippen molar-refractivity contribution >= 4 is 37.3 Å². The minimum Gasteiger partial charge on any atom is -0.748 e. The van der Waals surface area contributed by atoms with E-state index in [1.807, 2.05) is 67.0 Å². The van der Waals surface area contributed by atoms with Crippen LogP contribution in [0.2, 0.25) is 0 Å². The van der Waals surface area contributed by atoms with Gasteiger partial charge in [-0.3, -0.25) is 0 Å². The van der Waals surface area contributed by atoms with E-state index in [1.54, 1.807) is 12.3 Å².